The zero-order valence-electron chi connectivity index (χ0n) is 13.0. The smallest absolute Gasteiger partial charge is 0.355 e. The van der Waals surface area contributed by atoms with Gasteiger partial charge in [-0.25, -0.2) is 13.2 Å². The normalized spacial score (nSPS) is 22.7. The Morgan fingerprint density at radius 3 is 2.57 bits per heavy atom. The average Bonchev–Trinajstić information content (AvgIpc) is 3.12. The molecule has 1 saturated heterocycles. The van der Waals surface area contributed by atoms with Gasteiger partial charge in [0.05, 0.1) is 11.5 Å². The van der Waals surface area contributed by atoms with Crippen LogP contribution in [0.5, 0.6) is 0 Å². The number of carbonyl (C=O) groups excluding carboxylic acids is 2. The number of hydrogen-bond acceptors (Lipinski definition) is 5. The maximum atomic E-state index is 12.4. The van der Waals surface area contributed by atoms with Gasteiger partial charge in [-0.2, -0.15) is 0 Å². The molecule has 0 N–H and O–H groups in total. The second-order valence-electron chi connectivity index (χ2n) is 6.17. The highest BCUT2D eigenvalue weighted by molar-refractivity contribution is 7.91. The summed E-state index contributed by atoms with van der Waals surface area (Å²) in [7, 11) is -1.34. The first-order valence-electron chi connectivity index (χ1n) is 7.67. The molecule has 1 aromatic rings. The van der Waals surface area contributed by atoms with Crippen LogP contribution in [0.1, 0.15) is 29.8 Å². The summed E-state index contributed by atoms with van der Waals surface area (Å²) < 4.78 is 30.0. The van der Waals surface area contributed by atoms with Gasteiger partial charge in [0.2, 0.25) is 0 Å². The lowest BCUT2D eigenvalue weighted by atomic mass is 10.2. The van der Waals surface area contributed by atoms with Gasteiger partial charge in [-0.3, -0.25) is 4.79 Å². The Balaban J connectivity index is 1.61. The maximum absolute atomic E-state index is 12.4. The van der Waals surface area contributed by atoms with Crippen molar-refractivity contribution in [1.82, 2.24) is 9.47 Å². The first-order chi connectivity index (χ1) is 10.9. The third kappa shape index (κ3) is 3.57. The minimum atomic E-state index is -3.06. The molecule has 2 aliphatic rings. The topological polar surface area (TPSA) is 85.7 Å². The summed E-state index contributed by atoms with van der Waals surface area (Å²) >= 11 is 0. The molecule has 1 atom stereocenters. The largest absolute Gasteiger partial charge is 0.451 e. The van der Waals surface area contributed by atoms with Crippen LogP contribution in [0.4, 0.5) is 0 Å². The van der Waals surface area contributed by atoms with E-state index in [1.165, 1.54) is 0 Å². The number of rotatable bonds is 5. The van der Waals surface area contributed by atoms with Gasteiger partial charge in [0.15, 0.2) is 16.4 Å². The van der Waals surface area contributed by atoms with Gasteiger partial charge in [-0.1, -0.05) is 0 Å². The van der Waals surface area contributed by atoms with Crippen LogP contribution in [-0.4, -0.2) is 60.0 Å². The van der Waals surface area contributed by atoms with Crippen molar-refractivity contribution in [3.8, 4) is 0 Å². The number of aromatic nitrogens is 1. The Bertz CT molecular complexity index is 720. The average molecular weight is 340 g/mol. The number of sulfone groups is 1. The molecule has 1 aliphatic heterocycles. The van der Waals surface area contributed by atoms with Gasteiger partial charge in [0, 0.05) is 25.3 Å². The van der Waals surface area contributed by atoms with Gasteiger partial charge in [0.25, 0.3) is 5.91 Å². The van der Waals surface area contributed by atoms with Crippen molar-refractivity contribution >= 4 is 21.7 Å². The molecule has 0 unspecified atom stereocenters. The maximum Gasteiger partial charge on any atom is 0.355 e. The fourth-order valence-corrected chi connectivity index (χ4v) is 4.71. The quantitative estimate of drug-likeness (QED) is 0.723. The number of amides is 1. The summed E-state index contributed by atoms with van der Waals surface area (Å²) in [6.45, 7) is -0.350. The molecular weight excluding hydrogens is 320 g/mol. The van der Waals surface area contributed by atoms with E-state index in [-0.39, 0.29) is 36.1 Å². The molecule has 2 fully saturated rings. The van der Waals surface area contributed by atoms with E-state index in [2.05, 4.69) is 0 Å². The van der Waals surface area contributed by atoms with Crippen molar-refractivity contribution in [2.45, 2.75) is 31.3 Å². The Morgan fingerprint density at radius 1 is 1.30 bits per heavy atom. The first-order valence-corrected chi connectivity index (χ1v) is 9.49. The number of nitrogens with zero attached hydrogens (tertiary/aromatic N) is 2. The zero-order chi connectivity index (χ0) is 16.6. The number of aryl methyl sites for hydroxylation is 1. The van der Waals surface area contributed by atoms with Gasteiger partial charge in [-0.05, 0) is 31.4 Å². The molecule has 1 saturated carbocycles. The summed E-state index contributed by atoms with van der Waals surface area (Å²) in [5, 5.41) is 0. The Kier molecular flexibility index (Phi) is 4.18. The lowest BCUT2D eigenvalue weighted by Gasteiger charge is -2.28. The van der Waals surface area contributed by atoms with Crippen LogP contribution in [0.15, 0.2) is 18.3 Å². The fourth-order valence-electron chi connectivity index (χ4n) is 3.00. The molecule has 126 valence electrons. The molecule has 7 nitrogen and oxygen atoms in total. The molecule has 23 heavy (non-hydrogen) atoms. The van der Waals surface area contributed by atoms with E-state index in [9.17, 15) is 18.0 Å². The molecule has 8 heteroatoms. The number of esters is 1. The van der Waals surface area contributed by atoms with Gasteiger partial charge in [-0.15, -0.1) is 0 Å². The van der Waals surface area contributed by atoms with E-state index in [4.69, 9.17) is 4.74 Å². The van der Waals surface area contributed by atoms with E-state index in [0.29, 0.717) is 12.1 Å². The van der Waals surface area contributed by atoms with E-state index in [0.717, 1.165) is 12.8 Å². The Hall–Kier alpha value is -1.83. The lowest BCUT2D eigenvalue weighted by Crippen LogP contribution is -2.44. The summed E-state index contributed by atoms with van der Waals surface area (Å²) in [5.74, 6) is -0.726. The standard InChI is InChI=1S/C15H20N2O5S/c1-16-7-2-3-13(16)15(19)22-9-14(18)17(11-4-5-11)12-6-8-23(20,21)10-12/h2-3,7,11-12H,4-6,8-10H2,1H3/t12-/m0/s1. The third-order valence-corrected chi connectivity index (χ3v) is 6.06. The van der Waals surface area contributed by atoms with Gasteiger partial charge < -0.3 is 14.2 Å². The Morgan fingerprint density at radius 2 is 2.04 bits per heavy atom. The summed E-state index contributed by atoms with van der Waals surface area (Å²) in [6.07, 6.45) is 3.96. The highest BCUT2D eigenvalue weighted by atomic mass is 32.2. The SMILES string of the molecule is Cn1cccc1C(=O)OCC(=O)N(C1CC1)[C@H]1CCS(=O)(=O)C1. The number of hydrogen-bond donors (Lipinski definition) is 0. The molecule has 1 aromatic heterocycles. The highest BCUT2D eigenvalue weighted by Gasteiger charge is 2.42. The molecule has 1 amide bonds. The van der Waals surface area contributed by atoms with Crippen molar-refractivity contribution < 1.29 is 22.7 Å². The molecule has 0 bridgehead atoms. The van der Waals surface area contributed by atoms with Crippen LogP contribution >= 0.6 is 0 Å². The predicted molar refractivity (Wildman–Crippen MR) is 82.6 cm³/mol. The van der Waals surface area contributed by atoms with E-state index in [1.54, 1.807) is 34.8 Å². The first kappa shape index (κ1) is 16.0. The highest BCUT2D eigenvalue weighted by Crippen LogP contribution is 2.32. The second-order valence-corrected chi connectivity index (χ2v) is 8.40. The Labute approximate surface area is 135 Å². The van der Waals surface area contributed by atoms with Crippen LogP contribution in [-0.2, 0) is 26.4 Å². The summed E-state index contributed by atoms with van der Waals surface area (Å²) in [4.78, 5) is 26.0. The van der Waals surface area contributed by atoms with Gasteiger partial charge >= 0.3 is 5.97 Å². The fraction of sp³-hybridized carbons (Fsp3) is 0.600. The zero-order valence-corrected chi connectivity index (χ0v) is 13.8. The van der Waals surface area contributed by atoms with Crippen LogP contribution in [0.3, 0.4) is 0 Å². The molecule has 1 aliphatic carbocycles. The minimum Gasteiger partial charge on any atom is -0.451 e. The molecule has 0 radical (unpaired) electrons. The van der Waals surface area contributed by atoms with Crippen molar-refractivity contribution in [2.75, 3.05) is 18.1 Å². The van der Waals surface area contributed by atoms with Crippen LogP contribution < -0.4 is 0 Å². The van der Waals surface area contributed by atoms with Crippen molar-refractivity contribution in [1.29, 1.82) is 0 Å². The van der Waals surface area contributed by atoms with E-state index >= 15 is 0 Å². The second kappa shape index (κ2) is 5.99. The van der Waals surface area contributed by atoms with E-state index < -0.39 is 15.8 Å². The molecule has 3 rings (SSSR count). The van der Waals surface area contributed by atoms with Crippen LogP contribution in [0.2, 0.25) is 0 Å². The summed E-state index contributed by atoms with van der Waals surface area (Å²) in [6, 6.07) is 3.15. The predicted octanol–water partition coefficient (Wildman–Crippen LogP) is 0.360. The molecule has 2 heterocycles. The third-order valence-electron chi connectivity index (χ3n) is 4.31. The van der Waals surface area contributed by atoms with Crippen molar-refractivity contribution in [3.63, 3.8) is 0 Å². The molecular formula is C15H20N2O5S. The van der Waals surface area contributed by atoms with Gasteiger partial charge in [0.1, 0.15) is 5.69 Å². The monoisotopic (exact) mass is 340 g/mol. The molecule has 0 spiro atoms. The van der Waals surface area contributed by atoms with E-state index in [1.807, 2.05) is 0 Å². The minimum absolute atomic E-state index is 0.0149. The van der Waals surface area contributed by atoms with Crippen LogP contribution in [0, 0.1) is 0 Å². The molecule has 0 aromatic carbocycles. The lowest BCUT2D eigenvalue weighted by molar-refractivity contribution is -0.137. The van der Waals surface area contributed by atoms with Crippen LogP contribution in [0.25, 0.3) is 0 Å². The number of carbonyl (C=O) groups is 2. The van der Waals surface area contributed by atoms with Crippen molar-refractivity contribution in [2.24, 2.45) is 7.05 Å². The number of ether oxygens (including phenoxy) is 1. The van der Waals surface area contributed by atoms with Crippen molar-refractivity contribution in [3.05, 3.63) is 24.0 Å². The summed E-state index contributed by atoms with van der Waals surface area (Å²) in [5.41, 5.74) is 0.374.